The lowest BCUT2D eigenvalue weighted by molar-refractivity contribution is -0.133. The Hall–Kier alpha value is -1.84. The second-order valence-electron chi connectivity index (χ2n) is 6.30. The molecule has 126 valence electrons. The third-order valence-electron chi connectivity index (χ3n) is 4.52. The van der Waals surface area contributed by atoms with E-state index >= 15 is 0 Å². The van der Waals surface area contributed by atoms with Gasteiger partial charge in [-0.25, -0.2) is 0 Å². The van der Waals surface area contributed by atoms with Gasteiger partial charge in [-0.2, -0.15) is 0 Å². The van der Waals surface area contributed by atoms with Gasteiger partial charge >= 0.3 is 0 Å². The number of rotatable bonds is 9. The number of amides is 2. The SMILES string of the molecule is CCCCCCCCNC(=O)[C@@H]1C(=O)NC[C@@H]1c1ccccc1. The van der Waals surface area contributed by atoms with Crippen molar-refractivity contribution in [3.63, 3.8) is 0 Å². The maximum atomic E-state index is 12.4. The van der Waals surface area contributed by atoms with Gasteiger partial charge in [-0.05, 0) is 12.0 Å². The van der Waals surface area contributed by atoms with Crippen LogP contribution in [0.1, 0.15) is 56.9 Å². The fraction of sp³-hybridized carbons (Fsp3) is 0.579. The summed E-state index contributed by atoms with van der Waals surface area (Å²) in [6.07, 6.45) is 7.15. The van der Waals surface area contributed by atoms with Crippen molar-refractivity contribution in [3.8, 4) is 0 Å². The molecule has 0 unspecified atom stereocenters. The summed E-state index contributed by atoms with van der Waals surface area (Å²) in [7, 11) is 0. The lowest BCUT2D eigenvalue weighted by atomic mass is 9.88. The third kappa shape index (κ3) is 5.08. The van der Waals surface area contributed by atoms with E-state index < -0.39 is 5.92 Å². The van der Waals surface area contributed by atoms with E-state index in [-0.39, 0.29) is 17.7 Å². The molecule has 0 aromatic heterocycles. The Morgan fingerprint density at radius 3 is 2.57 bits per heavy atom. The Morgan fingerprint density at radius 2 is 1.83 bits per heavy atom. The quantitative estimate of drug-likeness (QED) is 0.543. The highest BCUT2D eigenvalue weighted by atomic mass is 16.2. The maximum Gasteiger partial charge on any atom is 0.233 e. The molecule has 1 aliphatic rings. The first-order valence-electron chi connectivity index (χ1n) is 8.84. The molecule has 1 heterocycles. The molecule has 2 rings (SSSR count). The summed E-state index contributed by atoms with van der Waals surface area (Å²) in [4.78, 5) is 24.4. The molecule has 1 aromatic rings. The molecule has 2 N–H and O–H groups in total. The topological polar surface area (TPSA) is 58.2 Å². The van der Waals surface area contributed by atoms with Gasteiger partial charge in [0.25, 0.3) is 0 Å². The van der Waals surface area contributed by atoms with Gasteiger partial charge in [0.05, 0.1) is 0 Å². The number of benzene rings is 1. The standard InChI is InChI=1S/C19H28N2O2/c1-2-3-4-5-6-10-13-20-18(22)17-16(14-21-19(17)23)15-11-8-7-9-12-15/h7-9,11-12,16-17H,2-6,10,13-14H2,1H3,(H,20,22)(H,21,23)/t16-,17-/m1/s1. The van der Waals surface area contributed by atoms with E-state index in [9.17, 15) is 9.59 Å². The minimum atomic E-state index is -0.600. The lowest BCUT2D eigenvalue weighted by Gasteiger charge is -2.17. The minimum Gasteiger partial charge on any atom is -0.355 e. The van der Waals surface area contributed by atoms with E-state index in [1.807, 2.05) is 30.3 Å². The summed E-state index contributed by atoms with van der Waals surface area (Å²) in [6, 6.07) is 9.81. The van der Waals surface area contributed by atoms with Crippen molar-refractivity contribution in [2.45, 2.75) is 51.4 Å². The van der Waals surface area contributed by atoms with Gasteiger partial charge in [0.2, 0.25) is 11.8 Å². The number of hydrogen-bond acceptors (Lipinski definition) is 2. The smallest absolute Gasteiger partial charge is 0.233 e. The second kappa shape index (κ2) is 9.33. The monoisotopic (exact) mass is 316 g/mol. The van der Waals surface area contributed by atoms with E-state index in [1.54, 1.807) is 0 Å². The molecule has 23 heavy (non-hydrogen) atoms. The van der Waals surface area contributed by atoms with Gasteiger partial charge < -0.3 is 10.6 Å². The summed E-state index contributed by atoms with van der Waals surface area (Å²) in [6.45, 7) is 3.41. The third-order valence-corrected chi connectivity index (χ3v) is 4.52. The lowest BCUT2D eigenvalue weighted by Crippen LogP contribution is -2.37. The van der Waals surface area contributed by atoms with Gasteiger partial charge in [0.15, 0.2) is 0 Å². The molecular weight excluding hydrogens is 288 g/mol. The van der Waals surface area contributed by atoms with Crippen LogP contribution in [0.2, 0.25) is 0 Å². The molecular formula is C19H28N2O2. The highest BCUT2D eigenvalue weighted by molar-refractivity contribution is 6.03. The second-order valence-corrected chi connectivity index (χ2v) is 6.30. The summed E-state index contributed by atoms with van der Waals surface area (Å²) in [5.74, 6) is -0.951. The highest BCUT2D eigenvalue weighted by Gasteiger charge is 2.40. The van der Waals surface area contributed by atoms with Crippen molar-refractivity contribution in [1.29, 1.82) is 0 Å². The normalized spacial score (nSPS) is 20.3. The van der Waals surface area contributed by atoms with Gasteiger partial charge in [0, 0.05) is 19.0 Å². The highest BCUT2D eigenvalue weighted by Crippen LogP contribution is 2.28. The van der Waals surface area contributed by atoms with Crippen LogP contribution in [0.4, 0.5) is 0 Å². The number of hydrogen-bond donors (Lipinski definition) is 2. The number of nitrogens with one attached hydrogen (secondary N) is 2. The van der Waals surface area contributed by atoms with E-state index in [0.29, 0.717) is 13.1 Å². The van der Waals surface area contributed by atoms with Crippen molar-refractivity contribution in [2.24, 2.45) is 5.92 Å². The average Bonchev–Trinajstić information content (AvgIpc) is 2.96. The zero-order valence-electron chi connectivity index (χ0n) is 14.0. The minimum absolute atomic E-state index is 0.0618. The van der Waals surface area contributed by atoms with E-state index in [0.717, 1.165) is 18.4 Å². The Bertz CT molecular complexity index is 501. The molecule has 0 radical (unpaired) electrons. The van der Waals surface area contributed by atoms with Crippen molar-refractivity contribution >= 4 is 11.8 Å². The fourth-order valence-electron chi connectivity index (χ4n) is 3.16. The summed E-state index contributed by atoms with van der Waals surface area (Å²) >= 11 is 0. The van der Waals surface area contributed by atoms with E-state index in [2.05, 4.69) is 17.6 Å². The first-order chi connectivity index (χ1) is 11.2. The molecule has 1 fully saturated rings. The van der Waals surface area contributed by atoms with Crippen LogP contribution in [-0.2, 0) is 9.59 Å². The first-order valence-corrected chi connectivity index (χ1v) is 8.84. The van der Waals surface area contributed by atoms with Gasteiger partial charge in [-0.15, -0.1) is 0 Å². The molecule has 1 aliphatic heterocycles. The first kappa shape index (κ1) is 17.5. The number of carbonyl (C=O) groups excluding carboxylic acids is 2. The van der Waals surface area contributed by atoms with Crippen molar-refractivity contribution in [2.75, 3.05) is 13.1 Å². The van der Waals surface area contributed by atoms with Crippen molar-refractivity contribution in [1.82, 2.24) is 10.6 Å². The molecule has 0 spiro atoms. The molecule has 0 aliphatic carbocycles. The molecule has 4 nitrogen and oxygen atoms in total. The maximum absolute atomic E-state index is 12.4. The Morgan fingerprint density at radius 1 is 1.13 bits per heavy atom. The van der Waals surface area contributed by atoms with Crippen LogP contribution in [-0.4, -0.2) is 24.9 Å². The van der Waals surface area contributed by atoms with E-state index in [4.69, 9.17) is 0 Å². The molecule has 4 heteroatoms. The summed E-state index contributed by atoms with van der Waals surface area (Å²) in [5, 5.41) is 5.77. The van der Waals surface area contributed by atoms with Crippen LogP contribution < -0.4 is 10.6 Å². The average molecular weight is 316 g/mol. The van der Waals surface area contributed by atoms with Gasteiger partial charge in [-0.3, -0.25) is 9.59 Å². The van der Waals surface area contributed by atoms with Crippen LogP contribution in [0.3, 0.4) is 0 Å². The zero-order valence-corrected chi connectivity index (χ0v) is 14.0. The zero-order chi connectivity index (χ0) is 16.5. The Kier molecular flexibility index (Phi) is 7.11. The predicted octanol–water partition coefficient (Wildman–Crippen LogP) is 2.99. The van der Waals surface area contributed by atoms with Crippen LogP contribution >= 0.6 is 0 Å². The van der Waals surface area contributed by atoms with Crippen molar-refractivity contribution in [3.05, 3.63) is 35.9 Å². The molecule has 2 atom stereocenters. The Balaban J connectivity index is 1.79. The van der Waals surface area contributed by atoms with E-state index in [1.165, 1.54) is 25.7 Å². The largest absolute Gasteiger partial charge is 0.355 e. The van der Waals surface area contributed by atoms with Crippen LogP contribution in [0.5, 0.6) is 0 Å². The fourth-order valence-corrected chi connectivity index (χ4v) is 3.16. The predicted molar refractivity (Wildman–Crippen MR) is 92.1 cm³/mol. The molecule has 1 aromatic carbocycles. The van der Waals surface area contributed by atoms with Crippen molar-refractivity contribution < 1.29 is 9.59 Å². The van der Waals surface area contributed by atoms with Crippen LogP contribution in [0.25, 0.3) is 0 Å². The number of unbranched alkanes of at least 4 members (excludes halogenated alkanes) is 5. The van der Waals surface area contributed by atoms with Gasteiger partial charge in [-0.1, -0.05) is 69.4 Å². The summed E-state index contributed by atoms with van der Waals surface area (Å²) < 4.78 is 0. The van der Waals surface area contributed by atoms with Crippen LogP contribution in [0.15, 0.2) is 30.3 Å². The molecule has 1 saturated heterocycles. The number of carbonyl (C=O) groups is 2. The van der Waals surface area contributed by atoms with Gasteiger partial charge in [0.1, 0.15) is 5.92 Å². The Labute approximate surface area is 139 Å². The molecule has 0 saturated carbocycles. The molecule has 2 amide bonds. The summed E-state index contributed by atoms with van der Waals surface area (Å²) in [5.41, 5.74) is 1.05. The van der Waals surface area contributed by atoms with Crippen LogP contribution in [0, 0.1) is 5.92 Å². The molecule has 0 bridgehead atoms.